The summed E-state index contributed by atoms with van der Waals surface area (Å²) in [6.45, 7) is 9.13. The molecule has 2 aromatic carbocycles. The van der Waals surface area contributed by atoms with E-state index in [1.54, 1.807) is 18.2 Å². The third-order valence-corrected chi connectivity index (χ3v) is 8.38. The van der Waals surface area contributed by atoms with Gasteiger partial charge in [-0.15, -0.1) is 0 Å². The van der Waals surface area contributed by atoms with Crippen LogP contribution in [0.25, 0.3) is 10.9 Å². The number of para-hydroxylation sites is 1. The van der Waals surface area contributed by atoms with Crippen molar-refractivity contribution < 1.29 is 33.8 Å². The van der Waals surface area contributed by atoms with Crippen LogP contribution in [0.2, 0.25) is 0 Å². The number of amides is 4. The molecule has 0 unspecified atom stereocenters. The molecule has 3 rings (SSSR count). The predicted molar refractivity (Wildman–Crippen MR) is 186 cm³/mol. The van der Waals surface area contributed by atoms with Gasteiger partial charge in [0.2, 0.25) is 17.7 Å². The molecule has 0 fully saturated rings. The van der Waals surface area contributed by atoms with Gasteiger partial charge >= 0.3 is 5.97 Å². The maximum Gasteiger partial charge on any atom is 0.306 e. The van der Waals surface area contributed by atoms with Crippen molar-refractivity contribution in [3.8, 4) is 0 Å². The van der Waals surface area contributed by atoms with E-state index in [1.807, 2.05) is 77.1 Å². The molecule has 4 amide bonds. The van der Waals surface area contributed by atoms with Gasteiger partial charge in [0.1, 0.15) is 17.8 Å². The summed E-state index contributed by atoms with van der Waals surface area (Å²) in [6, 6.07) is 17.2. The van der Waals surface area contributed by atoms with Gasteiger partial charge in [0, 0.05) is 11.9 Å². The molecule has 12 nitrogen and oxygen atoms in total. The Balaban J connectivity index is 1.76. The maximum absolute atomic E-state index is 13.6. The van der Waals surface area contributed by atoms with Crippen molar-refractivity contribution in [3.05, 3.63) is 78.0 Å². The highest BCUT2D eigenvalue weighted by molar-refractivity contribution is 5.99. The Kier molecular flexibility index (Phi) is 14.2. The molecule has 49 heavy (non-hydrogen) atoms. The molecule has 0 saturated carbocycles. The van der Waals surface area contributed by atoms with E-state index in [-0.39, 0.29) is 31.2 Å². The first-order valence-corrected chi connectivity index (χ1v) is 16.7. The van der Waals surface area contributed by atoms with E-state index in [9.17, 15) is 29.1 Å². The first-order chi connectivity index (χ1) is 23.2. The van der Waals surface area contributed by atoms with Crippen molar-refractivity contribution >= 4 is 40.5 Å². The second-order valence-electron chi connectivity index (χ2n) is 13.3. The lowest BCUT2D eigenvalue weighted by Crippen LogP contribution is -2.56. The average Bonchev–Trinajstić information content (AvgIpc) is 3.07. The highest BCUT2D eigenvalue weighted by Gasteiger charge is 2.35. The van der Waals surface area contributed by atoms with E-state index in [0.717, 1.165) is 10.9 Å². The van der Waals surface area contributed by atoms with Crippen molar-refractivity contribution in [2.75, 3.05) is 6.54 Å². The van der Waals surface area contributed by atoms with Gasteiger partial charge in [-0.3, -0.25) is 24.0 Å². The van der Waals surface area contributed by atoms with E-state index in [2.05, 4.69) is 20.9 Å². The molecule has 0 radical (unpaired) electrons. The number of nitrogens with two attached hydrogens (primary N) is 1. The number of hydrogen-bond acceptors (Lipinski definition) is 8. The molecule has 0 aliphatic rings. The first-order valence-electron chi connectivity index (χ1n) is 16.7. The number of hydrogen-bond donors (Lipinski definition) is 5. The molecule has 264 valence electrons. The smallest absolute Gasteiger partial charge is 0.306 e. The Labute approximate surface area is 287 Å². The largest absolute Gasteiger partial charge is 0.462 e. The third-order valence-electron chi connectivity index (χ3n) is 8.38. The fourth-order valence-electron chi connectivity index (χ4n) is 5.39. The Bertz CT molecular complexity index is 1590. The van der Waals surface area contributed by atoms with Crippen LogP contribution in [-0.4, -0.2) is 70.5 Å². The predicted octanol–water partition coefficient (Wildman–Crippen LogP) is 3.20. The standard InChI is InChI=1S/C37H49N5O7/c1-6-25(7-2)49-33(45)20-26(37(3,4)5)34(46)39-22-31(43)29(19-23-13-9-8-10-14-23)41-36(48)30(21-32(38)44)42-35(47)28-18-17-24-15-11-12-16-27(24)40-28/h8-18,25-26,29-31,43H,6-7,19-22H2,1-5H3,(H2,38,44)(H,39,46)(H,41,48)(H,42,47)/t26-,29-,30-,31+/m0/s1. The Morgan fingerprint density at radius 2 is 1.51 bits per heavy atom. The maximum atomic E-state index is 13.6. The molecule has 6 N–H and O–H groups in total. The van der Waals surface area contributed by atoms with Crippen molar-refractivity contribution in [3.63, 3.8) is 0 Å². The highest BCUT2D eigenvalue weighted by atomic mass is 16.5. The summed E-state index contributed by atoms with van der Waals surface area (Å²) < 4.78 is 5.54. The number of ether oxygens (including phenoxy) is 1. The average molecular weight is 676 g/mol. The molecular weight excluding hydrogens is 626 g/mol. The number of pyridine rings is 1. The quantitative estimate of drug-likeness (QED) is 0.135. The number of primary amides is 1. The van der Waals surface area contributed by atoms with Gasteiger partial charge in [-0.05, 0) is 42.4 Å². The number of nitrogens with zero attached hydrogens (tertiary/aromatic N) is 1. The number of carbonyl (C=O) groups is 5. The lowest BCUT2D eigenvalue weighted by molar-refractivity contribution is -0.154. The van der Waals surface area contributed by atoms with Crippen LogP contribution in [0.4, 0.5) is 0 Å². The first kappa shape index (κ1) is 38.6. The van der Waals surface area contributed by atoms with Crippen LogP contribution < -0.4 is 21.7 Å². The summed E-state index contributed by atoms with van der Waals surface area (Å²) in [7, 11) is 0. The lowest BCUT2D eigenvalue weighted by atomic mass is 9.78. The Morgan fingerprint density at radius 3 is 2.14 bits per heavy atom. The summed E-state index contributed by atoms with van der Waals surface area (Å²) >= 11 is 0. The number of rotatable bonds is 17. The van der Waals surface area contributed by atoms with E-state index in [0.29, 0.717) is 18.4 Å². The Hall–Kier alpha value is -4.84. The summed E-state index contributed by atoms with van der Waals surface area (Å²) in [5, 5.41) is 20.2. The van der Waals surface area contributed by atoms with Crippen LogP contribution in [0.15, 0.2) is 66.7 Å². The van der Waals surface area contributed by atoms with Crippen molar-refractivity contribution in [2.24, 2.45) is 17.1 Å². The molecule has 0 aliphatic heterocycles. The minimum absolute atomic E-state index is 0.0433. The molecule has 1 heterocycles. The van der Waals surface area contributed by atoms with Gasteiger partial charge < -0.3 is 31.5 Å². The number of esters is 1. The summed E-state index contributed by atoms with van der Waals surface area (Å²) in [6.07, 6.45) is -0.663. The zero-order chi connectivity index (χ0) is 36.1. The van der Waals surface area contributed by atoms with Gasteiger partial charge in [0.05, 0.1) is 36.4 Å². The van der Waals surface area contributed by atoms with Crippen molar-refractivity contribution in [1.29, 1.82) is 0 Å². The number of benzene rings is 2. The zero-order valence-corrected chi connectivity index (χ0v) is 28.9. The van der Waals surface area contributed by atoms with Gasteiger partial charge in [0.15, 0.2) is 0 Å². The minimum atomic E-state index is -1.37. The molecule has 12 heteroatoms. The number of aliphatic hydroxyl groups is 1. The normalized spacial score (nSPS) is 13.9. The van der Waals surface area contributed by atoms with Gasteiger partial charge in [-0.1, -0.05) is 89.2 Å². The van der Waals surface area contributed by atoms with Gasteiger partial charge in [0.25, 0.3) is 5.91 Å². The van der Waals surface area contributed by atoms with Gasteiger partial charge in [-0.2, -0.15) is 0 Å². The zero-order valence-electron chi connectivity index (χ0n) is 28.9. The second kappa shape index (κ2) is 18.1. The molecule has 4 atom stereocenters. The second-order valence-corrected chi connectivity index (χ2v) is 13.3. The van der Waals surface area contributed by atoms with Crippen LogP contribution >= 0.6 is 0 Å². The number of nitrogens with one attached hydrogen (secondary N) is 3. The molecule has 0 saturated heterocycles. The highest BCUT2D eigenvalue weighted by Crippen LogP contribution is 2.30. The fourth-order valence-corrected chi connectivity index (χ4v) is 5.39. The SMILES string of the molecule is CCC(CC)OC(=O)C[C@@H](C(=O)NC[C@@H](O)[C@H](Cc1ccccc1)NC(=O)[C@H](CC(N)=O)NC(=O)c1ccc2ccccc2n1)C(C)(C)C. The lowest BCUT2D eigenvalue weighted by Gasteiger charge is -2.31. The van der Waals surface area contributed by atoms with Crippen LogP contribution in [0.1, 0.15) is 76.4 Å². The van der Waals surface area contributed by atoms with E-state index in [1.165, 1.54) is 6.07 Å². The number of carbonyl (C=O) groups excluding carboxylic acids is 5. The van der Waals surface area contributed by atoms with E-state index in [4.69, 9.17) is 10.5 Å². The summed E-state index contributed by atoms with van der Waals surface area (Å²) in [5.74, 6) is -3.93. The summed E-state index contributed by atoms with van der Waals surface area (Å²) in [5.41, 5.74) is 6.25. The van der Waals surface area contributed by atoms with Crippen LogP contribution in [0, 0.1) is 11.3 Å². The van der Waals surface area contributed by atoms with Gasteiger partial charge in [-0.25, -0.2) is 4.98 Å². The van der Waals surface area contributed by atoms with Crippen LogP contribution in [0.5, 0.6) is 0 Å². The topological polar surface area (TPSA) is 190 Å². The molecular formula is C37H49N5O7. The molecule has 0 spiro atoms. The number of aromatic nitrogens is 1. The third kappa shape index (κ3) is 12.0. The number of aliphatic hydroxyl groups excluding tert-OH is 1. The molecule has 3 aromatic rings. The minimum Gasteiger partial charge on any atom is -0.462 e. The molecule has 1 aromatic heterocycles. The Morgan fingerprint density at radius 1 is 0.857 bits per heavy atom. The van der Waals surface area contributed by atoms with E-state index < -0.39 is 65.5 Å². The molecule has 0 bridgehead atoms. The van der Waals surface area contributed by atoms with Crippen molar-refractivity contribution in [1.82, 2.24) is 20.9 Å². The number of fused-ring (bicyclic) bond motifs is 1. The van der Waals surface area contributed by atoms with Crippen LogP contribution in [-0.2, 0) is 30.3 Å². The van der Waals surface area contributed by atoms with Crippen LogP contribution in [0.3, 0.4) is 0 Å². The fraction of sp³-hybridized carbons (Fsp3) is 0.459. The van der Waals surface area contributed by atoms with Crippen molar-refractivity contribution in [2.45, 2.75) is 91.0 Å². The van der Waals surface area contributed by atoms with E-state index >= 15 is 0 Å². The molecule has 0 aliphatic carbocycles. The monoisotopic (exact) mass is 675 g/mol. The summed E-state index contributed by atoms with van der Waals surface area (Å²) in [4.78, 5) is 69.2.